The molecule has 0 unspecified atom stereocenters. The summed E-state index contributed by atoms with van der Waals surface area (Å²) in [5.41, 5.74) is 0.746. The highest BCUT2D eigenvalue weighted by molar-refractivity contribution is 5.88. The Balaban J connectivity index is 1.73. The van der Waals surface area contributed by atoms with Crippen molar-refractivity contribution >= 4 is 5.97 Å². The van der Waals surface area contributed by atoms with E-state index in [1.165, 1.54) is 6.07 Å². The average Bonchev–Trinajstić information content (AvgIpc) is 3.30. The van der Waals surface area contributed by atoms with E-state index in [2.05, 4.69) is 5.16 Å². The predicted molar refractivity (Wildman–Crippen MR) is 84.3 cm³/mol. The molecule has 1 atom stereocenters. The van der Waals surface area contributed by atoms with Crippen LogP contribution in [-0.4, -0.2) is 44.7 Å². The Bertz CT molecular complexity index is 705. The number of hydrogen-bond acceptors (Lipinski definition) is 7. The molecule has 0 spiro atoms. The molecule has 0 aliphatic carbocycles. The van der Waals surface area contributed by atoms with Gasteiger partial charge in [0.2, 0.25) is 0 Å². The molecule has 2 heterocycles. The molecule has 1 saturated heterocycles. The van der Waals surface area contributed by atoms with Gasteiger partial charge in [-0.3, -0.25) is 0 Å². The molecule has 0 N–H and O–H groups in total. The minimum atomic E-state index is -0.539. The first-order valence-electron chi connectivity index (χ1n) is 7.69. The largest absolute Gasteiger partial charge is 0.497 e. The van der Waals surface area contributed by atoms with Gasteiger partial charge in [0.15, 0.2) is 11.5 Å². The van der Waals surface area contributed by atoms with Crippen LogP contribution in [0.2, 0.25) is 0 Å². The van der Waals surface area contributed by atoms with Gasteiger partial charge in [0.25, 0.3) is 0 Å². The smallest absolute Gasteiger partial charge is 0.360 e. The molecule has 0 amide bonds. The Kier molecular flexibility index (Phi) is 5.00. The van der Waals surface area contributed by atoms with Crippen LogP contribution in [0, 0.1) is 0 Å². The van der Waals surface area contributed by atoms with Crippen molar-refractivity contribution in [2.45, 2.75) is 18.9 Å². The van der Waals surface area contributed by atoms with Gasteiger partial charge in [-0.25, -0.2) is 4.79 Å². The van der Waals surface area contributed by atoms with E-state index in [4.69, 9.17) is 23.5 Å². The number of carbonyl (C=O) groups excluding carboxylic acids is 1. The van der Waals surface area contributed by atoms with E-state index in [0.29, 0.717) is 29.4 Å². The van der Waals surface area contributed by atoms with Gasteiger partial charge in [-0.2, -0.15) is 0 Å². The first kappa shape index (κ1) is 16.3. The molecule has 0 saturated carbocycles. The summed E-state index contributed by atoms with van der Waals surface area (Å²) in [6, 6.07) is 6.80. The van der Waals surface area contributed by atoms with E-state index in [1.807, 2.05) is 0 Å². The number of esters is 1. The Morgan fingerprint density at radius 1 is 1.29 bits per heavy atom. The first-order valence-corrected chi connectivity index (χ1v) is 7.69. The standard InChI is InChI=1S/C17H19NO6/c1-20-11-5-6-15(21-2)13(8-11)16-9-14(18-24-16)17(19)23-10-12-4-3-7-22-12/h5-6,8-9,12H,3-4,7,10H2,1-2H3/t12-/m0/s1. The molecule has 1 fully saturated rings. The summed E-state index contributed by atoms with van der Waals surface area (Å²) in [6.07, 6.45) is 1.86. The molecule has 1 aliphatic heterocycles. The lowest BCUT2D eigenvalue weighted by Gasteiger charge is -2.08. The third kappa shape index (κ3) is 3.51. The van der Waals surface area contributed by atoms with E-state index in [-0.39, 0.29) is 18.4 Å². The van der Waals surface area contributed by atoms with Crippen LogP contribution in [0.15, 0.2) is 28.8 Å². The van der Waals surface area contributed by atoms with Crippen molar-refractivity contribution in [1.82, 2.24) is 5.16 Å². The van der Waals surface area contributed by atoms with Crippen molar-refractivity contribution in [2.24, 2.45) is 0 Å². The van der Waals surface area contributed by atoms with Crippen LogP contribution in [0.1, 0.15) is 23.3 Å². The van der Waals surface area contributed by atoms with E-state index in [0.717, 1.165) is 12.8 Å². The molecule has 1 aromatic heterocycles. The fourth-order valence-electron chi connectivity index (χ4n) is 2.52. The molecule has 0 radical (unpaired) electrons. The lowest BCUT2D eigenvalue weighted by Crippen LogP contribution is -2.17. The molecule has 1 aliphatic rings. The molecular formula is C17H19NO6. The fourth-order valence-corrected chi connectivity index (χ4v) is 2.52. The van der Waals surface area contributed by atoms with Crippen molar-refractivity contribution in [3.05, 3.63) is 30.0 Å². The number of nitrogens with zero attached hydrogens (tertiary/aromatic N) is 1. The lowest BCUT2D eigenvalue weighted by molar-refractivity contribution is 0.0153. The number of carbonyl (C=O) groups is 1. The van der Waals surface area contributed by atoms with Gasteiger partial charge in [-0.05, 0) is 31.0 Å². The summed E-state index contributed by atoms with van der Waals surface area (Å²) < 4.78 is 26.4. The Morgan fingerprint density at radius 3 is 2.88 bits per heavy atom. The van der Waals surface area contributed by atoms with E-state index in [1.54, 1.807) is 32.4 Å². The Hall–Kier alpha value is -2.54. The highest BCUT2D eigenvalue weighted by Crippen LogP contribution is 2.33. The number of rotatable bonds is 6. The normalized spacial score (nSPS) is 16.8. The fraction of sp³-hybridized carbons (Fsp3) is 0.412. The number of hydrogen-bond donors (Lipinski definition) is 0. The third-order valence-corrected chi connectivity index (χ3v) is 3.82. The molecule has 7 nitrogen and oxygen atoms in total. The number of ether oxygens (including phenoxy) is 4. The van der Waals surface area contributed by atoms with Crippen LogP contribution in [0.5, 0.6) is 11.5 Å². The second-order valence-corrected chi connectivity index (χ2v) is 5.38. The Labute approximate surface area is 139 Å². The summed E-state index contributed by atoms with van der Waals surface area (Å²) in [5.74, 6) is 1.09. The molecule has 3 rings (SSSR count). The molecule has 128 valence electrons. The lowest BCUT2D eigenvalue weighted by atomic mass is 10.1. The maximum atomic E-state index is 12.1. The second-order valence-electron chi connectivity index (χ2n) is 5.38. The van der Waals surface area contributed by atoms with Crippen molar-refractivity contribution < 1.29 is 28.3 Å². The van der Waals surface area contributed by atoms with E-state index >= 15 is 0 Å². The zero-order valence-electron chi connectivity index (χ0n) is 13.6. The van der Waals surface area contributed by atoms with Crippen molar-refractivity contribution in [3.8, 4) is 22.8 Å². The van der Waals surface area contributed by atoms with Crippen molar-refractivity contribution in [1.29, 1.82) is 0 Å². The zero-order valence-corrected chi connectivity index (χ0v) is 13.6. The van der Waals surface area contributed by atoms with Crippen LogP contribution in [0.3, 0.4) is 0 Å². The van der Waals surface area contributed by atoms with Crippen LogP contribution < -0.4 is 9.47 Å². The molecule has 0 bridgehead atoms. The summed E-state index contributed by atoms with van der Waals surface area (Å²) in [5, 5.41) is 3.78. The third-order valence-electron chi connectivity index (χ3n) is 3.82. The Morgan fingerprint density at radius 2 is 2.17 bits per heavy atom. The van der Waals surface area contributed by atoms with Gasteiger partial charge in [-0.1, -0.05) is 5.16 Å². The molecular weight excluding hydrogens is 314 g/mol. The summed E-state index contributed by atoms with van der Waals surface area (Å²) in [4.78, 5) is 12.1. The molecule has 2 aromatic rings. The van der Waals surface area contributed by atoms with Crippen LogP contribution in [0.4, 0.5) is 0 Å². The summed E-state index contributed by atoms with van der Waals surface area (Å²) in [6.45, 7) is 0.940. The molecule has 1 aromatic carbocycles. The average molecular weight is 333 g/mol. The van der Waals surface area contributed by atoms with Crippen LogP contribution >= 0.6 is 0 Å². The number of benzene rings is 1. The quantitative estimate of drug-likeness (QED) is 0.752. The number of methoxy groups -OCH3 is 2. The second kappa shape index (κ2) is 7.35. The van der Waals surface area contributed by atoms with Gasteiger partial charge in [0, 0.05) is 12.7 Å². The topological polar surface area (TPSA) is 80.0 Å². The van der Waals surface area contributed by atoms with Gasteiger partial charge in [-0.15, -0.1) is 0 Å². The first-order chi connectivity index (χ1) is 11.7. The minimum absolute atomic E-state index is 0.0289. The maximum Gasteiger partial charge on any atom is 0.360 e. The highest BCUT2D eigenvalue weighted by atomic mass is 16.6. The summed E-state index contributed by atoms with van der Waals surface area (Å²) in [7, 11) is 3.12. The van der Waals surface area contributed by atoms with Crippen molar-refractivity contribution in [3.63, 3.8) is 0 Å². The van der Waals surface area contributed by atoms with Gasteiger partial charge >= 0.3 is 5.97 Å². The van der Waals surface area contributed by atoms with E-state index in [9.17, 15) is 4.79 Å². The SMILES string of the molecule is COc1ccc(OC)c(-c2cc(C(=O)OC[C@@H]3CCCO3)no2)c1. The molecule has 24 heavy (non-hydrogen) atoms. The highest BCUT2D eigenvalue weighted by Gasteiger charge is 2.21. The van der Waals surface area contributed by atoms with Gasteiger partial charge in [0.1, 0.15) is 18.1 Å². The minimum Gasteiger partial charge on any atom is -0.497 e. The van der Waals surface area contributed by atoms with Crippen LogP contribution in [-0.2, 0) is 9.47 Å². The maximum absolute atomic E-state index is 12.1. The number of aromatic nitrogens is 1. The van der Waals surface area contributed by atoms with Crippen molar-refractivity contribution in [2.75, 3.05) is 27.4 Å². The zero-order chi connectivity index (χ0) is 16.9. The van der Waals surface area contributed by atoms with Crippen LogP contribution in [0.25, 0.3) is 11.3 Å². The van der Waals surface area contributed by atoms with Gasteiger partial charge < -0.3 is 23.5 Å². The predicted octanol–water partition coefficient (Wildman–Crippen LogP) is 2.69. The monoisotopic (exact) mass is 333 g/mol. The molecule has 7 heteroatoms. The van der Waals surface area contributed by atoms with Gasteiger partial charge in [0.05, 0.1) is 25.9 Å². The summed E-state index contributed by atoms with van der Waals surface area (Å²) >= 11 is 0. The van der Waals surface area contributed by atoms with E-state index < -0.39 is 5.97 Å².